The van der Waals surface area contributed by atoms with Crippen LogP contribution in [0.4, 0.5) is 5.69 Å². The van der Waals surface area contributed by atoms with Crippen LogP contribution >= 0.6 is 11.6 Å². The summed E-state index contributed by atoms with van der Waals surface area (Å²) in [5.74, 6) is -1.14. The summed E-state index contributed by atoms with van der Waals surface area (Å²) in [5, 5.41) is 0.643. The molecule has 6 heteroatoms. The third kappa shape index (κ3) is 3.09. The van der Waals surface area contributed by atoms with Crippen LogP contribution in [0.15, 0.2) is 35.4 Å². The lowest BCUT2D eigenvalue weighted by molar-refractivity contribution is -0.122. The van der Waals surface area contributed by atoms with Crippen LogP contribution in [-0.2, 0) is 9.59 Å². The first-order valence-electron chi connectivity index (χ1n) is 8.59. The Bertz CT molecular complexity index is 738. The number of hydrogen-bond donors (Lipinski definition) is 0. The van der Waals surface area contributed by atoms with E-state index in [1.165, 1.54) is 4.90 Å². The first-order chi connectivity index (χ1) is 12.0. The molecule has 0 unspecified atom stereocenters. The SMILES string of the molecule is CCN(CC)C(=O)c1ccc(N2C(=O)[C@H]3CC(Cl)=CC[C@H]3C2=O)cc1. The fraction of sp³-hybridized carbons (Fsp3) is 0.421. The number of allylic oxidation sites excluding steroid dienone is 2. The van der Waals surface area contributed by atoms with Gasteiger partial charge in [0.1, 0.15) is 0 Å². The molecule has 3 amide bonds. The molecule has 0 bridgehead atoms. The summed E-state index contributed by atoms with van der Waals surface area (Å²) >= 11 is 6.04. The number of rotatable bonds is 4. The van der Waals surface area contributed by atoms with Crippen LogP contribution in [0.2, 0.25) is 0 Å². The van der Waals surface area contributed by atoms with E-state index < -0.39 is 0 Å². The summed E-state index contributed by atoms with van der Waals surface area (Å²) in [4.78, 5) is 40.6. The summed E-state index contributed by atoms with van der Waals surface area (Å²) < 4.78 is 0. The Morgan fingerprint density at radius 1 is 1.12 bits per heavy atom. The third-order valence-corrected chi connectivity index (χ3v) is 5.30. The number of hydrogen-bond acceptors (Lipinski definition) is 3. The van der Waals surface area contributed by atoms with E-state index in [-0.39, 0.29) is 29.6 Å². The second-order valence-electron chi connectivity index (χ2n) is 6.34. The van der Waals surface area contributed by atoms with Gasteiger partial charge in [0.15, 0.2) is 0 Å². The fourth-order valence-corrected chi connectivity index (χ4v) is 3.78. The summed E-state index contributed by atoms with van der Waals surface area (Å²) in [5.41, 5.74) is 1.06. The molecule has 1 saturated heterocycles. The number of carbonyl (C=O) groups excluding carboxylic acids is 3. The lowest BCUT2D eigenvalue weighted by atomic mass is 9.85. The zero-order chi connectivity index (χ0) is 18.1. The maximum absolute atomic E-state index is 12.7. The second kappa shape index (κ2) is 7.00. The molecule has 0 saturated carbocycles. The average molecular weight is 361 g/mol. The molecule has 1 heterocycles. The Kier molecular flexibility index (Phi) is 4.95. The van der Waals surface area contributed by atoms with E-state index in [9.17, 15) is 14.4 Å². The zero-order valence-corrected chi connectivity index (χ0v) is 15.1. The molecule has 1 aromatic rings. The van der Waals surface area contributed by atoms with Crippen LogP contribution in [0.3, 0.4) is 0 Å². The predicted molar refractivity (Wildman–Crippen MR) is 96.3 cm³/mol. The van der Waals surface area contributed by atoms with E-state index in [4.69, 9.17) is 11.6 Å². The van der Waals surface area contributed by atoms with Crippen molar-refractivity contribution in [1.82, 2.24) is 4.90 Å². The van der Waals surface area contributed by atoms with Crippen molar-refractivity contribution < 1.29 is 14.4 Å². The largest absolute Gasteiger partial charge is 0.339 e. The van der Waals surface area contributed by atoms with Crippen molar-refractivity contribution in [2.45, 2.75) is 26.7 Å². The quantitative estimate of drug-likeness (QED) is 0.775. The molecule has 2 aliphatic rings. The van der Waals surface area contributed by atoms with Crippen LogP contribution in [-0.4, -0.2) is 35.7 Å². The Balaban J connectivity index is 1.82. The zero-order valence-electron chi connectivity index (χ0n) is 14.4. The Morgan fingerprint density at radius 2 is 1.72 bits per heavy atom. The van der Waals surface area contributed by atoms with E-state index in [1.807, 2.05) is 19.9 Å². The van der Waals surface area contributed by atoms with Crippen molar-refractivity contribution in [2.24, 2.45) is 11.8 Å². The predicted octanol–water partition coefficient (Wildman–Crippen LogP) is 3.19. The number of benzene rings is 1. The summed E-state index contributed by atoms with van der Waals surface area (Å²) in [6.45, 7) is 5.13. The van der Waals surface area contributed by atoms with Crippen molar-refractivity contribution in [2.75, 3.05) is 18.0 Å². The van der Waals surface area contributed by atoms with Gasteiger partial charge < -0.3 is 4.90 Å². The standard InChI is InChI=1S/C19H21ClN2O3/c1-3-21(4-2)17(23)12-5-8-14(9-6-12)22-18(24)15-10-7-13(20)11-16(15)19(22)25/h5-9,15-16H,3-4,10-11H2,1-2H3/t15-,16+/m1/s1. The highest BCUT2D eigenvalue weighted by Crippen LogP contribution is 2.40. The highest BCUT2D eigenvalue weighted by Gasteiger charge is 2.48. The van der Waals surface area contributed by atoms with Gasteiger partial charge in [-0.1, -0.05) is 17.7 Å². The van der Waals surface area contributed by atoms with Gasteiger partial charge in [0.25, 0.3) is 5.91 Å². The molecule has 0 N–H and O–H groups in total. The number of carbonyl (C=O) groups is 3. The minimum Gasteiger partial charge on any atom is -0.339 e. The number of nitrogens with zero attached hydrogens (tertiary/aromatic N) is 2. The van der Waals surface area contributed by atoms with Crippen molar-refractivity contribution in [3.8, 4) is 0 Å². The number of amides is 3. The fourth-order valence-electron chi connectivity index (χ4n) is 3.53. The van der Waals surface area contributed by atoms with Crippen molar-refractivity contribution in [1.29, 1.82) is 0 Å². The van der Waals surface area contributed by atoms with Crippen LogP contribution in [0.5, 0.6) is 0 Å². The highest BCUT2D eigenvalue weighted by molar-refractivity contribution is 6.30. The van der Waals surface area contributed by atoms with Crippen LogP contribution in [0, 0.1) is 11.8 Å². The Hall–Kier alpha value is -2.14. The van der Waals surface area contributed by atoms with E-state index in [0.29, 0.717) is 42.2 Å². The lowest BCUT2D eigenvalue weighted by Gasteiger charge is -2.19. The maximum atomic E-state index is 12.7. The third-order valence-electron chi connectivity index (χ3n) is 4.99. The van der Waals surface area contributed by atoms with Gasteiger partial charge in [0.05, 0.1) is 17.5 Å². The summed E-state index contributed by atoms with van der Waals surface area (Å²) in [7, 11) is 0. The number of fused-ring (bicyclic) bond motifs is 1. The number of anilines is 1. The van der Waals surface area contributed by atoms with E-state index >= 15 is 0 Å². The number of imide groups is 1. The van der Waals surface area contributed by atoms with E-state index in [2.05, 4.69) is 0 Å². The molecular weight excluding hydrogens is 340 g/mol. The minimum absolute atomic E-state index is 0.0553. The van der Waals surface area contributed by atoms with Gasteiger partial charge in [-0.3, -0.25) is 19.3 Å². The van der Waals surface area contributed by atoms with Gasteiger partial charge in [-0.15, -0.1) is 0 Å². The average Bonchev–Trinajstić information content (AvgIpc) is 2.86. The van der Waals surface area contributed by atoms with Gasteiger partial charge in [-0.25, -0.2) is 0 Å². The maximum Gasteiger partial charge on any atom is 0.253 e. The van der Waals surface area contributed by atoms with E-state index in [1.54, 1.807) is 29.2 Å². The molecule has 1 aliphatic heterocycles. The Labute approximate surface area is 152 Å². The van der Waals surface area contributed by atoms with Crippen molar-refractivity contribution in [3.63, 3.8) is 0 Å². The minimum atomic E-state index is -0.373. The van der Waals surface area contributed by atoms with Crippen LogP contribution < -0.4 is 4.90 Å². The van der Waals surface area contributed by atoms with Gasteiger partial charge in [-0.2, -0.15) is 0 Å². The topological polar surface area (TPSA) is 57.7 Å². The molecule has 0 radical (unpaired) electrons. The Morgan fingerprint density at radius 3 is 2.32 bits per heavy atom. The molecule has 0 aromatic heterocycles. The first kappa shape index (κ1) is 17.7. The second-order valence-corrected chi connectivity index (χ2v) is 6.83. The first-order valence-corrected chi connectivity index (χ1v) is 8.97. The molecule has 25 heavy (non-hydrogen) atoms. The smallest absolute Gasteiger partial charge is 0.253 e. The molecular formula is C19H21ClN2O3. The molecule has 1 aromatic carbocycles. The van der Waals surface area contributed by atoms with Gasteiger partial charge in [0.2, 0.25) is 11.8 Å². The molecule has 1 aliphatic carbocycles. The van der Waals surface area contributed by atoms with Crippen molar-refractivity contribution in [3.05, 3.63) is 40.9 Å². The normalized spacial score (nSPS) is 22.7. The van der Waals surface area contributed by atoms with E-state index in [0.717, 1.165) is 0 Å². The van der Waals surface area contributed by atoms with Gasteiger partial charge in [-0.05, 0) is 51.0 Å². The number of halogens is 1. The summed E-state index contributed by atoms with van der Waals surface area (Å²) in [6.07, 6.45) is 2.75. The van der Waals surface area contributed by atoms with Crippen LogP contribution in [0.25, 0.3) is 0 Å². The molecule has 2 atom stereocenters. The molecule has 0 spiro atoms. The monoisotopic (exact) mass is 360 g/mol. The van der Waals surface area contributed by atoms with Gasteiger partial charge >= 0.3 is 0 Å². The van der Waals surface area contributed by atoms with Gasteiger partial charge in [0, 0.05) is 23.7 Å². The molecule has 5 nitrogen and oxygen atoms in total. The lowest BCUT2D eigenvalue weighted by Crippen LogP contribution is -2.32. The van der Waals surface area contributed by atoms with Crippen molar-refractivity contribution >= 4 is 35.0 Å². The molecule has 132 valence electrons. The summed E-state index contributed by atoms with van der Waals surface area (Å²) in [6, 6.07) is 6.67. The molecule has 3 rings (SSSR count). The highest BCUT2D eigenvalue weighted by atomic mass is 35.5. The van der Waals surface area contributed by atoms with Crippen LogP contribution in [0.1, 0.15) is 37.0 Å². The molecule has 1 fully saturated rings.